The first-order valence-corrected chi connectivity index (χ1v) is 13.4. The van der Waals surface area contributed by atoms with Crippen molar-refractivity contribution in [3.63, 3.8) is 0 Å². The van der Waals surface area contributed by atoms with Gasteiger partial charge in [-0.05, 0) is 74.4 Å². The molecule has 2 aromatic carbocycles. The number of phenolic OH excluding ortho intramolecular Hbond substituents is 2. The van der Waals surface area contributed by atoms with Crippen LogP contribution in [0.2, 0.25) is 0 Å². The molecule has 11 heteroatoms. The SMILES string of the molecule is CCCN(C(=O)[C@](C)(Cc1ccc(O)cc1)NC(=O)CCCc1ccc(O)cc1)[C@@H](CCCN=C(N)N)C(=O)O. The molecule has 0 fully saturated rings. The van der Waals surface area contributed by atoms with E-state index in [1.807, 2.05) is 6.92 Å². The predicted molar refractivity (Wildman–Crippen MR) is 153 cm³/mol. The second-order valence-corrected chi connectivity index (χ2v) is 10.0. The smallest absolute Gasteiger partial charge is 0.326 e. The molecule has 2 aromatic rings. The van der Waals surface area contributed by atoms with Crippen LogP contribution < -0.4 is 16.8 Å². The summed E-state index contributed by atoms with van der Waals surface area (Å²) < 4.78 is 0. The summed E-state index contributed by atoms with van der Waals surface area (Å²) in [4.78, 5) is 44.7. The average Bonchev–Trinajstić information content (AvgIpc) is 2.89. The van der Waals surface area contributed by atoms with E-state index in [1.54, 1.807) is 43.3 Å². The number of carboxylic acids is 1. The first kappa shape index (κ1) is 31.9. The third-order valence-corrected chi connectivity index (χ3v) is 6.50. The maximum atomic E-state index is 14.1. The van der Waals surface area contributed by atoms with E-state index in [0.29, 0.717) is 31.2 Å². The van der Waals surface area contributed by atoms with Crippen molar-refractivity contribution in [1.82, 2.24) is 10.2 Å². The molecule has 2 rings (SSSR count). The lowest BCUT2D eigenvalue weighted by atomic mass is 9.89. The molecular formula is C29H41N5O6. The lowest BCUT2D eigenvalue weighted by Crippen LogP contribution is -2.62. The number of hydrogen-bond acceptors (Lipinski definition) is 6. The minimum absolute atomic E-state index is 0.0642. The zero-order valence-electron chi connectivity index (χ0n) is 23.2. The van der Waals surface area contributed by atoms with Crippen LogP contribution >= 0.6 is 0 Å². The normalized spacial score (nSPS) is 13.1. The van der Waals surface area contributed by atoms with Crippen LogP contribution in [0.15, 0.2) is 53.5 Å². The third kappa shape index (κ3) is 10.1. The van der Waals surface area contributed by atoms with E-state index in [1.165, 1.54) is 17.0 Å². The Morgan fingerprint density at radius 3 is 2.08 bits per heavy atom. The van der Waals surface area contributed by atoms with Crippen LogP contribution in [0.25, 0.3) is 0 Å². The number of carbonyl (C=O) groups is 3. The van der Waals surface area contributed by atoms with Gasteiger partial charge in [-0.15, -0.1) is 0 Å². The number of aryl methyl sites for hydroxylation is 1. The van der Waals surface area contributed by atoms with Crippen LogP contribution in [0, 0.1) is 0 Å². The number of nitrogens with one attached hydrogen (secondary N) is 1. The van der Waals surface area contributed by atoms with E-state index in [9.17, 15) is 29.7 Å². The fourth-order valence-electron chi connectivity index (χ4n) is 4.54. The second-order valence-electron chi connectivity index (χ2n) is 10.0. The molecule has 0 saturated carbocycles. The van der Waals surface area contributed by atoms with Gasteiger partial charge in [0.25, 0.3) is 0 Å². The maximum absolute atomic E-state index is 14.1. The molecular weight excluding hydrogens is 514 g/mol. The number of nitrogens with zero attached hydrogens (tertiary/aromatic N) is 2. The van der Waals surface area contributed by atoms with E-state index in [-0.39, 0.29) is 55.7 Å². The topological polar surface area (TPSA) is 192 Å². The zero-order chi connectivity index (χ0) is 29.7. The molecule has 0 aromatic heterocycles. The number of carboxylic acid groups (broad SMARTS) is 1. The van der Waals surface area contributed by atoms with Gasteiger partial charge in [-0.2, -0.15) is 0 Å². The van der Waals surface area contributed by atoms with Crippen molar-refractivity contribution in [2.75, 3.05) is 13.1 Å². The van der Waals surface area contributed by atoms with Crippen LogP contribution in [-0.4, -0.2) is 68.6 Å². The van der Waals surface area contributed by atoms with Crippen molar-refractivity contribution >= 4 is 23.7 Å². The Labute approximate surface area is 234 Å². The highest BCUT2D eigenvalue weighted by molar-refractivity contribution is 5.94. The number of nitrogens with two attached hydrogens (primary N) is 2. The molecule has 0 saturated heterocycles. The minimum atomic E-state index is -1.45. The molecule has 0 unspecified atom stereocenters. The zero-order valence-corrected chi connectivity index (χ0v) is 23.2. The Balaban J connectivity index is 2.27. The first-order valence-electron chi connectivity index (χ1n) is 13.4. The van der Waals surface area contributed by atoms with Gasteiger partial charge < -0.3 is 37.0 Å². The number of benzene rings is 2. The molecule has 8 N–H and O–H groups in total. The summed E-state index contributed by atoms with van der Waals surface area (Å²) in [6, 6.07) is 11.9. The number of aromatic hydroxyl groups is 2. The van der Waals surface area contributed by atoms with Gasteiger partial charge in [0.2, 0.25) is 11.8 Å². The van der Waals surface area contributed by atoms with E-state index in [4.69, 9.17) is 11.5 Å². The van der Waals surface area contributed by atoms with Crippen molar-refractivity contribution in [3.05, 3.63) is 59.7 Å². The number of phenols is 2. The quantitative estimate of drug-likeness (QED) is 0.103. The molecule has 40 heavy (non-hydrogen) atoms. The molecule has 11 nitrogen and oxygen atoms in total. The number of amides is 2. The predicted octanol–water partition coefficient (Wildman–Crippen LogP) is 2.28. The second kappa shape index (κ2) is 15.3. The number of hydrogen-bond donors (Lipinski definition) is 6. The van der Waals surface area contributed by atoms with Crippen molar-refractivity contribution in [3.8, 4) is 11.5 Å². The highest BCUT2D eigenvalue weighted by Crippen LogP contribution is 2.23. The van der Waals surface area contributed by atoms with Crippen molar-refractivity contribution in [1.29, 1.82) is 0 Å². The number of rotatable bonds is 16. The highest BCUT2D eigenvalue weighted by atomic mass is 16.4. The number of guanidine groups is 1. The van der Waals surface area contributed by atoms with Gasteiger partial charge in [0.1, 0.15) is 23.1 Å². The van der Waals surface area contributed by atoms with Gasteiger partial charge >= 0.3 is 5.97 Å². The molecule has 0 aliphatic heterocycles. The highest BCUT2D eigenvalue weighted by Gasteiger charge is 2.42. The van der Waals surface area contributed by atoms with Gasteiger partial charge in [0.15, 0.2) is 5.96 Å². The summed E-state index contributed by atoms with van der Waals surface area (Å²) in [7, 11) is 0. The molecule has 0 bridgehead atoms. The van der Waals surface area contributed by atoms with E-state index in [2.05, 4.69) is 10.3 Å². The van der Waals surface area contributed by atoms with Gasteiger partial charge in [0.05, 0.1) is 0 Å². The maximum Gasteiger partial charge on any atom is 0.326 e. The number of aliphatic carboxylic acids is 1. The minimum Gasteiger partial charge on any atom is -0.508 e. The van der Waals surface area contributed by atoms with Crippen molar-refractivity contribution in [2.45, 2.75) is 70.4 Å². The Morgan fingerprint density at radius 1 is 0.975 bits per heavy atom. The summed E-state index contributed by atoms with van der Waals surface area (Å²) in [5.41, 5.74) is 10.9. The van der Waals surface area contributed by atoms with Crippen LogP contribution in [0.5, 0.6) is 11.5 Å². The molecule has 0 heterocycles. The number of aliphatic imine (C=N–C) groups is 1. The van der Waals surface area contributed by atoms with E-state index >= 15 is 0 Å². The van der Waals surface area contributed by atoms with Gasteiger partial charge in [-0.3, -0.25) is 14.6 Å². The lowest BCUT2D eigenvalue weighted by Gasteiger charge is -2.38. The fraction of sp³-hybridized carbons (Fsp3) is 0.448. The molecule has 218 valence electrons. The van der Waals surface area contributed by atoms with Gasteiger partial charge in [-0.25, -0.2) is 4.79 Å². The van der Waals surface area contributed by atoms with Gasteiger partial charge in [-0.1, -0.05) is 31.2 Å². The van der Waals surface area contributed by atoms with E-state index in [0.717, 1.165) is 5.56 Å². The number of carbonyl (C=O) groups excluding carboxylic acids is 2. The van der Waals surface area contributed by atoms with Crippen molar-refractivity contribution < 1.29 is 29.7 Å². The third-order valence-electron chi connectivity index (χ3n) is 6.50. The van der Waals surface area contributed by atoms with Gasteiger partial charge in [0, 0.05) is 25.9 Å². The molecule has 0 aliphatic rings. The van der Waals surface area contributed by atoms with E-state index < -0.39 is 23.5 Å². The average molecular weight is 556 g/mol. The van der Waals surface area contributed by atoms with Crippen LogP contribution in [0.1, 0.15) is 57.1 Å². The van der Waals surface area contributed by atoms with Crippen LogP contribution in [0.3, 0.4) is 0 Å². The summed E-state index contributed by atoms with van der Waals surface area (Å²) in [5.74, 6) is -1.87. The van der Waals surface area contributed by atoms with Crippen LogP contribution in [0.4, 0.5) is 0 Å². The summed E-state index contributed by atoms with van der Waals surface area (Å²) in [5, 5.41) is 32.1. The molecule has 2 amide bonds. The molecule has 0 spiro atoms. The molecule has 0 radical (unpaired) electrons. The fourth-order valence-corrected chi connectivity index (χ4v) is 4.54. The lowest BCUT2D eigenvalue weighted by molar-refractivity contribution is -0.154. The monoisotopic (exact) mass is 555 g/mol. The Morgan fingerprint density at radius 2 is 1.55 bits per heavy atom. The molecule has 2 atom stereocenters. The Kier molecular flexibility index (Phi) is 12.3. The Hall–Kier alpha value is -4.28. The standard InChI is InChI=1S/C29H41N5O6/c1-3-18-34(24(26(38)39)7-5-17-32-28(30)31)27(40)29(2,19-21-11-15-23(36)16-12-21)33-25(37)8-4-6-20-9-13-22(35)14-10-20/h9-16,24,35-36H,3-8,17-19H2,1-2H3,(H,33,37)(H,38,39)(H4,30,31,32)/t24-,29-/m0/s1. The Bertz CT molecular complexity index is 1150. The summed E-state index contributed by atoms with van der Waals surface area (Å²) in [6.45, 7) is 3.85. The summed E-state index contributed by atoms with van der Waals surface area (Å²) >= 11 is 0. The first-order chi connectivity index (χ1) is 18.9. The van der Waals surface area contributed by atoms with Crippen LogP contribution in [-0.2, 0) is 27.2 Å². The molecule has 0 aliphatic carbocycles. The summed E-state index contributed by atoms with van der Waals surface area (Å²) in [6.07, 6.45) is 2.36. The van der Waals surface area contributed by atoms with Crippen molar-refractivity contribution in [2.24, 2.45) is 16.5 Å². The largest absolute Gasteiger partial charge is 0.508 e.